The minimum Gasteiger partial charge on any atom is -0.497 e. The molecule has 0 saturated heterocycles. The Bertz CT molecular complexity index is 1360. The molecule has 1 aliphatic carbocycles. The predicted octanol–water partition coefficient (Wildman–Crippen LogP) is 6.38. The van der Waals surface area contributed by atoms with Crippen LogP contribution in [-0.2, 0) is 12.8 Å². The van der Waals surface area contributed by atoms with E-state index in [4.69, 9.17) is 14.2 Å². The van der Waals surface area contributed by atoms with E-state index in [2.05, 4.69) is 31.4 Å². The second kappa shape index (κ2) is 10.3. The topological polar surface area (TPSA) is 85.9 Å². The van der Waals surface area contributed by atoms with Crippen molar-refractivity contribution in [1.82, 2.24) is 5.32 Å². The smallest absolute Gasteiger partial charge is 0.343 e. The Hall–Kier alpha value is -3.52. The van der Waals surface area contributed by atoms with Gasteiger partial charge in [0.25, 0.3) is 5.91 Å². The van der Waals surface area contributed by atoms with E-state index in [0.29, 0.717) is 28.7 Å². The fraction of sp³-hybridized carbons (Fsp3) is 0.400. The van der Waals surface area contributed by atoms with Crippen LogP contribution in [0, 0.1) is 11.3 Å². The van der Waals surface area contributed by atoms with E-state index in [1.165, 1.54) is 17.6 Å². The van der Waals surface area contributed by atoms with Gasteiger partial charge in [0.15, 0.2) is 11.5 Å². The zero-order valence-corrected chi connectivity index (χ0v) is 23.3. The molecule has 7 nitrogen and oxygen atoms in total. The number of benzene rings is 2. The summed E-state index contributed by atoms with van der Waals surface area (Å²) in [5, 5.41) is 7.56. The van der Waals surface area contributed by atoms with E-state index in [-0.39, 0.29) is 11.3 Å². The zero-order chi connectivity index (χ0) is 27.0. The molecule has 2 aliphatic rings. The third-order valence-electron chi connectivity index (χ3n) is 8.11. The molecule has 0 saturated carbocycles. The molecule has 3 aromatic rings. The number of esters is 1. The first-order chi connectivity index (χ1) is 18.2. The van der Waals surface area contributed by atoms with Gasteiger partial charge >= 0.3 is 5.97 Å². The second-order valence-electron chi connectivity index (χ2n) is 10.6. The number of rotatable bonds is 7. The first-order valence-electron chi connectivity index (χ1n) is 13.0. The quantitative estimate of drug-likeness (QED) is 0.270. The molecule has 2 aromatic carbocycles. The van der Waals surface area contributed by atoms with Crippen molar-refractivity contribution in [2.45, 2.75) is 52.6 Å². The molecule has 8 heteroatoms. The van der Waals surface area contributed by atoms with Crippen molar-refractivity contribution in [2.24, 2.45) is 11.3 Å². The molecule has 0 fully saturated rings. The van der Waals surface area contributed by atoms with E-state index >= 15 is 0 Å². The number of hydrogen-bond acceptors (Lipinski definition) is 7. The maximum absolute atomic E-state index is 13.3. The van der Waals surface area contributed by atoms with Crippen molar-refractivity contribution in [2.75, 3.05) is 19.5 Å². The van der Waals surface area contributed by atoms with Crippen LogP contribution in [0.2, 0.25) is 0 Å². The Kier molecular flexibility index (Phi) is 7.09. The van der Waals surface area contributed by atoms with Gasteiger partial charge < -0.3 is 24.8 Å². The van der Waals surface area contributed by atoms with Crippen LogP contribution < -0.4 is 24.8 Å². The zero-order valence-electron chi connectivity index (χ0n) is 22.5. The van der Waals surface area contributed by atoms with Crippen LogP contribution >= 0.6 is 11.3 Å². The molecule has 2 heterocycles. The summed E-state index contributed by atoms with van der Waals surface area (Å²) in [5.41, 5.74) is 3.49. The number of ether oxygens (including phenoxy) is 3. The molecule has 1 amide bonds. The van der Waals surface area contributed by atoms with Crippen molar-refractivity contribution in [1.29, 1.82) is 0 Å². The van der Waals surface area contributed by atoms with Gasteiger partial charge in [-0.1, -0.05) is 33.3 Å². The van der Waals surface area contributed by atoms with Crippen LogP contribution in [0.4, 0.5) is 5.00 Å². The monoisotopic (exact) mass is 534 g/mol. The molecule has 1 aromatic heterocycles. The lowest BCUT2D eigenvalue weighted by Crippen LogP contribution is -2.38. The number of amides is 1. The summed E-state index contributed by atoms with van der Waals surface area (Å²) in [6.45, 7) is 6.96. The Labute approximate surface area is 227 Å². The van der Waals surface area contributed by atoms with Crippen LogP contribution in [0.25, 0.3) is 0 Å². The van der Waals surface area contributed by atoms with Crippen LogP contribution in [0.1, 0.15) is 76.5 Å². The fourth-order valence-corrected chi connectivity index (χ4v) is 6.61. The van der Waals surface area contributed by atoms with Crippen molar-refractivity contribution >= 4 is 28.2 Å². The summed E-state index contributed by atoms with van der Waals surface area (Å²) in [4.78, 5) is 27.2. The number of carbonyl (C=O) groups is 2. The normalized spacial score (nSPS) is 18.5. The fourth-order valence-electron chi connectivity index (χ4n) is 5.25. The van der Waals surface area contributed by atoms with Crippen LogP contribution in [-0.4, -0.2) is 26.1 Å². The lowest BCUT2D eigenvalue weighted by atomic mass is 9.69. The highest BCUT2D eigenvalue weighted by atomic mass is 32.1. The van der Waals surface area contributed by atoms with E-state index in [9.17, 15) is 9.59 Å². The van der Waals surface area contributed by atoms with Gasteiger partial charge in [0, 0.05) is 4.88 Å². The highest BCUT2D eigenvalue weighted by Crippen LogP contribution is 2.47. The molecule has 2 N–H and O–H groups in total. The minimum absolute atomic E-state index is 0.0524. The van der Waals surface area contributed by atoms with Gasteiger partial charge in [-0.15, -0.1) is 11.3 Å². The molecular formula is C30H34N2O5S. The summed E-state index contributed by atoms with van der Waals surface area (Å²) in [5.74, 6) is 1.43. The number of methoxy groups -OCH3 is 2. The van der Waals surface area contributed by atoms with Crippen LogP contribution in [0.5, 0.6) is 17.2 Å². The van der Waals surface area contributed by atoms with Crippen molar-refractivity contribution < 1.29 is 23.8 Å². The Balaban J connectivity index is 1.34. The molecule has 0 spiro atoms. The Morgan fingerprint density at radius 3 is 2.50 bits per heavy atom. The average Bonchev–Trinajstić information content (AvgIpc) is 3.31. The summed E-state index contributed by atoms with van der Waals surface area (Å²) in [7, 11) is 3.09. The largest absolute Gasteiger partial charge is 0.497 e. The first kappa shape index (κ1) is 26.1. The van der Waals surface area contributed by atoms with Crippen molar-refractivity contribution in [3.63, 3.8) is 0 Å². The summed E-state index contributed by atoms with van der Waals surface area (Å²) >= 11 is 1.71. The standard InChI is InChI=1S/C30H34N2O5S/c1-6-30(2,3)19-10-13-21-24(16-19)38-28-25(21)27(33)31-26(32-28)18-9-14-22(23(15-18)36-5)37-29(34)17-7-11-20(35-4)12-8-17/h7-9,11-12,14-15,19,26,32H,6,10,13,16H2,1-5H3,(H,31,33)/t19-,26-/m1/s1. The average molecular weight is 535 g/mol. The van der Waals surface area contributed by atoms with Crippen molar-refractivity contribution in [3.8, 4) is 17.2 Å². The lowest BCUT2D eigenvalue weighted by molar-refractivity contribution is 0.0729. The van der Waals surface area contributed by atoms with Crippen molar-refractivity contribution in [3.05, 3.63) is 69.6 Å². The second-order valence-corrected chi connectivity index (χ2v) is 11.7. The molecule has 5 rings (SSSR count). The van der Waals surface area contributed by atoms with Gasteiger partial charge in [0.1, 0.15) is 16.9 Å². The minimum atomic E-state index is -0.499. The number of nitrogens with one attached hydrogen (secondary N) is 2. The van der Waals surface area contributed by atoms with Gasteiger partial charge in [-0.3, -0.25) is 4.79 Å². The maximum atomic E-state index is 13.3. The maximum Gasteiger partial charge on any atom is 0.343 e. The summed E-state index contributed by atoms with van der Waals surface area (Å²) < 4.78 is 16.3. The first-order valence-corrected chi connectivity index (χ1v) is 13.8. The number of fused-ring (bicyclic) bond motifs is 3. The predicted molar refractivity (Wildman–Crippen MR) is 149 cm³/mol. The van der Waals surface area contributed by atoms with E-state index in [0.717, 1.165) is 41.8 Å². The highest BCUT2D eigenvalue weighted by molar-refractivity contribution is 7.16. The van der Waals surface area contributed by atoms with Gasteiger partial charge in [-0.05, 0) is 78.1 Å². The lowest BCUT2D eigenvalue weighted by Gasteiger charge is -2.36. The van der Waals surface area contributed by atoms with Crippen LogP contribution in [0.3, 0.4) is 0 Å². The van der Waals surface area contributed by atoms with E-state index in [1.54, 1.807) is 54.8 Å². The number of thiophene rings is 1. The number of carbonyl (C=O) groups excluding carboxylic acids is 2. The molecule has 1 aliphatic heterocycles. The van der Waals surface area contributed by atoms with E-state index < -0.39 is 12.1 Å². The summed E-state index contributed by atoms with van der Waals surface area (Å²) in [6.07, 6.45) is 3.80. The third kappa shape index (κ3) is 4.85. The SMILES string of the molecule is CCC(C)(C)[C@@H]1CCc2c(sc3c2C(=O)N[C@@H](c2ccc(OC(=O)c4ccc(OC)cc4)c(OC)c2)N3)C1. The molecule has 38 heavy (non-hydrogen) atoms. The molecular weight excluding hydrogens is 500 g/mol. The molecule has 200 valence electrons. The molecule has 0 radical (unpaired) electrons. The third-order valence-corrected chi connectivity index (χ3v) is 9.29. The molecule has 0 bridgehead atoms. The number of anilines is 1. The van der Waals surface area contributed by atoms with Gasteiger partial charge in [0.05, 0.1) is 25.3 Å². The van der Waals surface area contributed by atoms with Gasteiger partial charge in [0.2, 0.25) is 0 Å². The van der Waals surface area contributed by atoms with Gasteiger partial charge in [-0.2, -0.15) is 0 Å². The van der Waals surface area contributed by atoms with E-state index in [1.807, 2.05) is 6.07 Å². The molecule has 0 unspecified atom stereocenters. The highest BCUT2D eigenvalue weighted by Gasteiger charge is 2.37. The molecule has 2 atom stereocenters. The summed E-state index contributed by atoms with van der Waals surface area (Å²) in [6, 6.07) is 12.0. The number of hydrogen-bond donors (Lipinski definition) is 2. The van der Waals surface area contributed by atoms with Gasteiger partial charge in [-0.25, -0.2) is 4.79 Å². The van der Waals surface area contributed by atoms with Crippen LogP contribution in [0.15, 0.2) is 42.5 Å². The Morgan fingerprint density at radius 2 is 1.82 bits per heavy atom. The Morgan fingerprint density at radius 1 is 1.05 bits per heavy atom.